The Balaban J connectivity index is 1.76. The summed E-state index contributed by atoms with van der Waals surface area (Å²) in [6.07, 6.45) is 2.75. The van der Waals surface area contributed by atoms with Crippen LogP contribution in [0.15, 0.2) is 48.5 Å². The number of aromatic amines is 1. The van der Waals surface area contributed by atoms with Crippen LogP contribution in [0.1, 0.15) is 47.0 Å². The largest absolute Gasteiger partial charge is 0.478 e. The number of hydrogen-bond donors (Lipinski definition) is 2. The van der Waals surface area contributed by atoms with Crippen molar-refractivity contribution < 1.29 is 19.4 Å². The summed E-state index contributed by atoms with van der Waals surface area (Å²) in [7, 11) is 0. The molecule has 2 aromatic carbocycles. The highest BCUT2D eigenvalue weighted by atomic mass is 16.5. The second-order valence-electron chi connectivity index (χ2n) is 6.79. The first-order chi connectivity index (χ1) is 14.2. The van der Waals surface area contributed by atoms with Crippen molar-refractivity contribution in [3.63, 3.8) is 0 Å². The molecule has 1 atom stereocenters. The van der Waals surface area contributed by atoms with Gasteiger partial charge in [0.2, 0.25) is 0 Å². The monoisotopic (exact) mass is 389 g/mol. The van der Waals surface area contributed by atoms with Gasteiger partial charge in [-0.15, -0.1) is 0 Å². The van der Waals surface area contributed by atoms with E-state index in [9.17, 15) is 9.90 Å². The van der Waals surface area contributed by atoms with Gasteiger partial charge in [-0.25, -0.2) is 4.79 Å². The van der Waals surface area contributed by atoms with E-state index in [0.717, 1.165) is 25.0 Å². The number of carboxylic acids is 1. The lowest BCUT2D eigenvalue weighted by Gasteiger charge is -2.22. The lowest BCUT2D eigenvalue weighted by Crippen LogP contribution is -2.12. The maximum atomic E-state index is 11.4. The van der Waals surface area contributed by atoms with Gasteiger partial charge in [-0.1, -0.05) is 12.1 Å². The molecule has 0 saturated carbocycles. The first kappa shape index (κ1) is 18.7. The molecule has 3 aromatic rings. The van der Waals surface area contributed by atoms with Crippen LogP contribution in [-0.4, -0.2) is 27.9 Å². The van der Waals surface area contributed by atoms with Crippen LogP contribution in [0.3, 0.4) is 0 Å². The summed E-state index contributed by atoms with van der Waals surface area (Å²) in [6.45, 7) is 0.670. The number of H-pyrrole nitrogens is 1. The van der Waals surface area contributed by atoms with Crippen LogP contribution in [-0.2, 0) is 4.74 Å². The zero-order valence-electron chi connectivity index (χ0n) is 15.6. The van der Waals surface area contributed by atoms with Crippen LogP contribution in [0.5, 0.6) is 11.5 Å². The van der Waals surface area contributed by atoms with Crippen molar-refractivity contribution >= 4 is 5.97 Å². The third kappa shape index (κ3) is 3.98. The summed E-state index contributed by atoms with van der Waals surface area (Å²) in [5, 5.41) is 25.8. The number of nitrogens with one attached hydrogen (secondary N) is 1. The second kappa shape index (κ2) is 8.17. The normalized spacial score (nSPS) is 16.2. The van der Waals surface area contributed by atoms with E-state index in [0.29, 0.717) is 34.9 Å². The molecule has 1 fully saturated rings. The minimum absolute atomic E-state index is 0.166. The lowest BCUT2D eigenvalue weighted by molar-refractivity contribution is 0.0112. The molecule has 0 spiro atoms. The molecule has 1 aromatic heterocycles. The topological polar surface area (TPSA) is 108 Å². The highest BCUT2D eigenvalue weighted by Crippen LogP contribution is 2.41. The number of rotatable bonds is 5. The molecular weight excluding hydrogens is 370 g/mol. The summed E-state index contributed by atoms with van der Waals surface area (Å²) in [5.41, 5.74) is 2.58. The van der Waals surface area contributed by atoms with Crippen LogP contribution >= 0.6 is 0 Å². The molecule has 4 rings (SSSR count). The average Bonchev–Trinajstić information content (AvgIpc) is 3.18. The minimum Gasteiger partial charge on any atom is -0.478 e. The van der Waals surface area contributed by atoms with Gasteiger partial charge in [-0.2, -0.15) is 10.4 Å². The van der Waals surface area contributed by atoms with Gasteiger partial charge in [-0.05, 0) is 55.7 Å². The number of nitriles is 1. The molecule has 0 radical (unpaired) electrons. The number of nitrogens with zero attached hydrogens (tertiary/aromatic N) is 2. The molecule has 1 unspecified atom stereocenters. The van der Waals surface area contributed by atoms with Crippen molar-refractivity contribution in [3.05, 3.63) is 65.4 Å². The van der Waals surface area contributed by atoms with E-state index in [1.165, 1.54) is 6.07 Å². The molecule has 0 amide bonds. The van der Waals surface area contributed by atoms with Gasteiger partial charge in [0, 0.05) is 12.2 Å². The zero-order chi connectivity index (χ0) is 20.2. The van der Waals surface area contributed by atoms with Gasteiger partial charge in [-0.3, -0.25) is 5.10 Å². The molecule has 1 aliphatic rings. The first-order valence-corrected chi connectivity index (χ1v) is 9.37. The Hall–Kier alpha value is -3.63. The van der Waals surface area contributed by atoms with Gasteiger partial charge in [0.15, 0.2) is 5.75 Å². The van der Waals surface area contributed by atoms with Gasteiger partial charge < -0.3 is 14.6 Å². The Morgan fingerprint density at radius 2 is 2.07 bits per heavy atom. The van der Waals surface area contributed by atoms with Gasteiger partial charge in [0.05, 0.1) is 17.2 Å². The second-order valence-corrected chi connectivity index (χ2v) is 6.79. The Morgan fingerprint density at radius 1 is 1.24 bits per heavy atom. The van der Waals surface area contributed by atoms with Crippen molar-refractivity contribution in [1.82, 2.24) is 10.2 Å². The van der Waals surface area contributed by atoms with Crippen molar-refractivity contribution in [2.75, 3.05) is 6.61 Å². The number of ether oxygens (including phenoxy) is 2. The van der Waals surface area contributed by atoms with Crippen LogP contribution in [0, 0.1) is 11.3 Å². The Morgan fingerprint density at radius 3 is 2.76 bits per heavy atom. The van der Waals surface area contributed by atoms with E-state index >= 15 is 0 Å². The van der Waals surface area contributed by atoms with Gasteiger partial charge >= 0.3 is 5.97 Å². The fraction of sp³-hybridized carbons (Fsp3) is 0.227. The number of carboxylic acid groups (broad SMARTS) is 1. The van der Waals surface area contributed by atoms with Gasteiger partial charge in [0.25, 0.3) is 0 Å². The third-order valence-electron chi connectivity index (χ3n) is 4.84. The van der Waals surface area contributed by atoms with Crippen molar-refractivity contribution in [1.29, 1.82) is 5.26 Å². The standard InChI is InChI=1S/C22H19N3O4/c23-13-14-7-9-17(10-8-14)29-21-19(15-4-3-5-16(12-15)22(26)27)24-25-20(21)18-6-1-2-11-28-18/h3-5,7-10,12,18H,1-2,6,11H2,(H,24,25)(H,26,27). The van der Waals surface area contributed by atoms with Crippen LogP contribution in [0.25, 0.3) is 11.3 Å². The summed E-state index contributed by atoms with van der Waals surface area (Å²) in [4.78, 5) is 11.4. The number of benzene rings is 2. The molecule has 29 heavy (non-hydrogen) atoms. The Kier molecular flexibility index (Phi) is 5.27. The molecule has 146 valence electrons. The van der Waals surface area contributed by atoms with E-state index in [1.54, 1.807) is 42.5 Å². The lowest BCUT2D eigenvalue weighted by atomic mass is 10.0. The van der Waals surface area contributed by atoms with Gasteiger partial charge in [0.1, 0.15) is 23.2 Å². The van der Waals surface area contributed by atoms with E-state index in [-0.39, 0.29) is 11.7 Å². The number of aromatic carboxylic acids is 1. The molecule has 1 saturated heterocycles. The maximum Gasteiger partial charge on any atom is 0.335 e. The molecule has 2 N–H and O–H groups in total. The zero-order valence-corrected chi connectivity index (χ0v) is 15.6. The van der Waals surface area contributed by atoms with Crippen molar-refractivity contribution in [3.8, 4) is 28.8 Å². The fourth-order valence-corrected chi connectivity index (χ4v) is 3.35. The SMILES string of the molecule is N#Cc1ccc(Oc2c(-c3cccc(C(=O)O)c3)n[nH]c2C2CCCCO2)cc1. The molecule has 2 heterocycles. The first-order valence-electron chi connectivity index (χ1n) is 9.37. The number of carbonyl (C=O) groups is 1. The summed E-state index contributed by atoms with van der Waals surface area (Å²) in [5.74, 6) is 0.0510. The van der Waals surface area contributed by atoms with E-state index in [1.807, 2.05) is 0 Å². The van der Waals surface area contributed by atoms with Crippen LogP contribution in [0.2, 0.25) is 0 Å². The predicted molar refractivity (Wildman–Crippen MR) is 105 cm³/mol. The van der Waals surface area contributed by atoms with Crippen molar-refractivity contribution in [2.24, 2.45) is 0 Å². The Bertz CT molecular complexity index is 1060. The summed E-state index contributed by atoms with van der Waals surface area (Å²) >= 11 is 0. The average molecular weight is 389 g/mol. The smallest absolute Gasteiger partial charge is 0.335 e. The van der Waals surface area contributed by atoms with Crippen molar-refractivity contribution in [2.45, 2.75) is 25.4 Å². The molecular formula is C22H19N3O4. The predicted octanol–water partition coefficient (Wildman–Crippen LogP) is 4.68. The third-order valence-corrected chi connectivity index (χ3v) is 4.84. The van der Waals surface area contributed by atoms with Crippen LogP contribution < -0.4 is 4.74 Å². The quantitative estimate of drug-likeness (QED) is 0.656. The number of aromatic nitrogens is 2. The molecule has 7 nitrogen and oxygen atoms in total. The molecule has 7 heteroatoms. The summed E-state index contributed by atoms with van der Waals surface area (Å²) < 4.78 is 12.1. The van der Waals surface area contributed by atoms with E-state index in [4.69, 9.17) is 14.7 Å². The number of hydrogen-bond acceptors (Lipinski definition) is 5. The van der Waals surface area contributed by atoms with E-state index < -0.39 is 5.97 Å². The summed E-state index contributed by atoms with van der Waals surface area (Å²) in [6, 6.07) is 15.4. The molecule has 0 bridgehead atoms. The fourth-order valence-electron chi connectivity index (χ4n) is 3.35. The molecule has 1 aliphatic heterocycles. The minimum atomic E-state index is -1.01. The van der Waals surface area contributed by atoms with E-state index in [2.05, 4.69) is 16.3 Å². The Labute approximate surface area is 167 Å². The highest BCUT2D eigenvalue weighted by molar-refractivity contribution is 5.89. The van der Waals surface area contributed by atoms with Crippen LogP contribution in [0.4, 0.5) is 0 Å². The highest BCUT2D eigenvalue weighted by Gasteiger charge is 2.26. The maximum absolute atomic E-state index is 11.4. The molecule has 0 aliphatic carbocycles.